The Morgan fingerprint density at radius 2 is 1.67 bits per heavy atom. The topological polar surface area (TPSA) is 32.7 Å². The van der Waals surface area contributed by atoms with E-state index in [1.165, 1.54) is 0 Å². The van der Waals surface area contributed by atoms with Crippen molar-refractivity contribution < 1.29 is 9.84 Å². The van der Waals surface area contributed by atoms with Gasteiger partial charge in [-0.3, -0.25) is 0 Å². The molecule has 0 unspecified atom stereocenters. The molecule has 124 valence electrons. The van der Waals surface area contributed by atoms with Crippen molar-refractivity contribution in [2.45, 2.75) is 25.4 Å². The molecule has 1 saturated heterocycles. The highest BCUT2D eigenvalue weighted by molar-refractivity contribution is 5.90. The van der Waals surface area contributed by atoms with Crippen molar-refractivity contribution in [2.75, 3.05) is 19.6 Å². The monoisotopic (exact) mass is 321 g/mol. The first kappa shape index (κ1) is 15.4. The molecule has 1 N–H and O–H groups in total. The molecule has 0 radical (unpaired) electrons. The van der Waals surface area contributed by atoms with Crippen molar-refractivity contribution in [1.82, 2.24) is 4.90 Å². The van der Waals surface area contributed by atoms with E-state index in [0.29, 0.717) is 0 Å². The Bertz CT molecular complexity index is 773. The number of fused-ring (bicyclic) bond motifs is 2. The first-order chi connectivity index (χ1) is 11.7. The van der Waals surface area contributed by atoms with Crippen molar-refractivity contribution in [3.8, 4) is 11.5 Å². The number of piperidine rings is 1. The molecule has 2 aliphatic rings. The van der Waals surface area contributed by atoms with Gasteiger partial charge in [0.05, 0.1) is 5.60 Å². The average Bonchev–Trinajstić information content (AvgIpc) is 2.79. The Kier molecular flexibility index (Phi) is 3.91. The summed E-state index contributed by atoms with van der Waals surface area (Å²) in [4.78, 5) is 2.39. The van der Waals surface area contributed by atoms with Gasteiger partial charge in [-0.1, -0.05) is 43.3 Å². The Hall–Kier alpha value is -2.10. The van der Waals surface area contributed by atoms with Crippen molar-refractivity contribution >= 4 is 11.6 Å². The summed E-state index contributed by atoms with van der Waals surface area (Å²) in [6.07, 6.45) is 3.62. The van der Waals surface area contributed by atoms with Gasteiger partial charge in [-0.15, -0.1) is 0 Å². The summed E-state index contributed by atoms with van der Waals surface area (Å²) in [5.74, 6) is 1.66. The highest BCUT2D eigenvalue weighted by atomic mass is 16.5. The molecule has 2 heterocycles. The molecule has 2 aliphatic heterocycles. The zero-order chi connectivity index (χ0) is 16.6. The lowest BCUT2D eigenvalue weighted by molar-refractivity contribution is 0.0297. The van der Waals surface area contributed by atoms with Gasteiger partial charge in [-0.05, 0) is 43.2 Å². The molecule has 0 aromatic heterocycles. The Labute approximate surface area is 143 Å². The summed E-state index contributed by atoms with van der Waals surface area (Å²) in [5.41, 5.74) is 2.21. The van der Waals surface area contributed by atoms with Crippen molar-refractivity contribution in [2.24, 2.45) is 0 Å². The van der Waals surface area contributed by atoms with E-state index in [2.05, 4.69) is 24.0 Å². The number of benzene rings is 2. The van der Waals surface area contributed by atoms with E-state index >= 15 is 0 Å². The van der Waals surface area contributed by atoms with Crippen molar-refractivity contribution in [3.63, 3.8) is 0 Å². The van der Waals surface area contributed by atoms with Crippen LogP contribution in [0.4, 0.5) is 0 Å². The third-order valence-corrected chi connectivity index (χ3v) is 5.25. The first-order valence-corrected chi connectivity index (χ1v) is 8.73. The van der Waals surface area contributed by atoms with Gasteiger partial charge in [0, 0.05) is 24.2 Å². The number of hydrogen-bond acceptors (Lipinski definition) is 3. The van der Waals surface area contributed by atoms with Gasteiger partial charge < -0.3 is 14.7 Å². The summed E-state index contributed by atoms with van der Waals surface area (Å²) in [7, 11) is 0. The SMILES string of the molecule is CCN1CCC(O)(C2=Cc3ccccc3Oc3ccccc32)CC1. The molecule has 0 bridgehead atoms. The summed E-state index contributed by atoms with van der Waals surface area (Å²) in [6.45, 7) is 5.07. The third kappa shape index (κ3) is 2.64. The van der Waals surface area contributed by atoms with Crippen LogP contribution in [0.1, 0.15) is 30.9 Å². The maximum atomic E-state index is 11.5. The van der Waals surface area contributed by atoms with Gasteiger partial charge in [0.15, 0.2) is 0 Å². The molecule has 3 heteroatoms. The third-order valence-electron chi connectivity index (χ3n) is 5.25. The molecule has 0 aliphatic carbocycles. The minimum absolute atomic E-state index is 0.753. The van der Waals surface area contributed by atoms with Crippen LogP contribution in [-0.2, 0) is 0 Å². The number of para-hydroxylation sites is 2. The molecular weight excluding hydrogens is 298 g/mol. The molecule has 0 amide bonds. The van der Waals surface area contributed by atoms with Gasteiger partial charge in [-0.25, -0.2) is 0 Å². The highest BCUT2D eigenvalue weighted by Crippen LogP contribution is 2.45. The van der Waals surface area contributed by atoms with Gasteiger partial charge in [0.1, 0.15) is 11.5 Å². The van der Waals surface area contributed by atoms with E-state index in [-0.39, 0.29) is 0 Å². The Morgan fingerprint density at radius 1 is 1.00 bits per heavy atom. The quantitative estimate of drug-likeness (QED) is 0.900. The summed E-state index contributed by atoms with van der Waals surface area (Å²) in [5, 5.41) is 11.5. The van der Waals surface area contributed by atoms with Gasteiger partial charge in [0.2, 0.25) is 0 Å². The van der Waals surface area contributed by atoms with Crippen LogP contribution in [0.5, 0.6) is 11.5 Å². The van der Waals surface area contributed by atoms with Crippen LogP contribution in [0.25, 0.3) is 11.6 Å². The lowest BCUT2D eigenvalue weighted by Crippen LogP contribution is -2.44. The van der Waals surface area contributed by atoms with Crippen LogP contribution in [0.2, 0.25) is 0 Å². The predicted molar refractivity (Wildman–Crippen MR) is 97.1 cm³/mol. The summed E-state index contributed by atoms with van der Waals surface area (Å²) >= 11 is 0. The summed E-state index contributed by atoms with van der Waals surface area (Å²) in [6, 6.07) is 16.0. The first-order valence-electron chi connectivity index (χ1n) is 8.73. The highest BCUT2D eigenvalue weighted by Gasteiger charge is 2.38. The van der Waals surface area contributed by atoms with E-state index in [0.717, 1.165) is 60.7 Å². The van der Waals surface area contributed by atoms with Crippen molar-refractivity contribution in [3.05, 3.63) is 59.7 Å². The van der Waals surface area contributed by atoms with Gasteiger partial charge >= 0.3 is 0 Å². The van der Waals surface area contributed by atoms with E-state index < -0.39 is 5.60 Å². The van der Waals surface area contributed by atoms with E-state index in [1.54, 1.807) is 0 Å². The summed E-state index contributed by atoms with van der Waals surface area (Å²) < 4.78 is 6.14. The standard InChI is InChI=1S/C21H23NO2/c1-2-22-13-11-21(23,12-14-22)18-15-16-7-3-5-9-19(16)24-20-10-6-4-8-17(18)20/h3-10,15,23H,2,11-14H2,1H3. The molecule has 24 heavy (non-hydrogen) atoms. The van der Waals surface area contributed by atoms with E-state index in [9.17, 15) is 5.11 Å². The second kappa shape index (κ2) is 6.08. The van der Waals surface area contributed by atoms with Crippen LogP contribution in [0.3, 0.4) is 0 Å². The minimum atomic E-state index is -0.803. The van der Waals surface area contributed by atoms with E-state index in [1.807, 2.05) is 42.5 Å². The fraction of sp³-hybridized carbons (Fsp3) is 0.333. The molecule has 0 atom stereocenters. The molecule has 4 rings (SSSR count). The Morgan fingerprint density at radius 3 is 2.42 bits per heavy atom. The van der Waals surface area contributed by atoms with Crippen LogP contribution in [0, 0.1) is 0 Å². The fourth-order valence-electron chi connectivity index (χ4n) is 3.72. The molecule has 2 aromatic rings. The zero-order valence-electron chi connectivity index (χ0n) is 14.0. The zero-order valence-corrected chi connectivity index (χ0v) is 14.0. The lowest BCUT2D eigenvalue weighted by atomic mass is 9.79. The maximum absolute atomic E-state index is 11.5. The van der Waals surface area contributed by atoms with Gasteiger partial charge in [-0.2, -0.15) is 0 Å². The molecular formula is C21H23NO2. The molecule has 0 spiro atoms. The molecule has 2 aromatic carbocycles. The average molecular weight is 321 g/mol. The number of rotatable bonds is 2. The number of hydrogen-bond donors (Lipinski definition) is 1. The van der Waals surface area contributed by atoms with Crippen LogP contribution in [0.15, 0.2) is 48.5 Å². The predicted octanol–water partition coefficient (Wildman–Crippen LogP) is 4.18. The molecule has 3 nitrogen and oxygen atoms in total. The largest absolute Gasteiger partial charge is 0.456 e. The molecule has 1 fully saturated rings. The minimum Gasteiger partial charge on any atom is -0.456 e. The normalized spacial score (nSPS) is 19.5. The lowest BCUT2D eigenvalue weighted by Gasteiger charge is -2.39. The molecule has 0 saturated carbocycles. The number of likely N-dealkylation sites (tertiary alicyclic amines) is 1. The van der Waals surface area contributed by atoms with Crippen LogP contribution >= 0.6 is 0 Å². The van der Waals surface area contributed by atoms with Crippen molar-refractivity contribution in [1.29, 1.82) is 0 Å². The Balaban J connectivity index is 1.82. The smallest absolute Gasteiger partial charge is 0.135 e. The number of ether oxygens (including phenoxy) is 1. The maximum Gasteiger partial charge on any atom is 0.135 e. The second-order valence-corrected chi connectivity index (χ2v) is 6.66. The fourth-order valence-corrected chi connectivity index (χ4v) is 3.72. The van der Waals surface area contributed by atoms with Gasteiger partial charge in [0.25, 0.3) is 0 Å². The van der Waals surface area contributed by atoms with Crippen LogP contribution in [-0.4, -0.2) is 35.2 Å². The number of aliphatic hydroxyl groups is 1. The number of nitrogens with zero attached hydrogens (tertiary/aromatic N) is 1. The van der Waals surface area contributed by atoms with E-state index in [4.69, 9.17) is 4.74 Å². The second-order valence-electron chi connectivity index (χ2n) is 6.66. The van der Waals surface area contributed by atoms with Crippen LogP contribution < -0.4 is 4.74 Å².